The second-order valence-electron chi connectivity index (χ2n) is 11.4. The molecule has 1 saturated carbocycles. The van der Waals surface area contributed by atoms with E-state index in [0.717, 1.165) is 85.4 Å². The van der Waals surface area contributed by atoms with E-state index in [2.05, 4.69) is 36.1 Å². The molecule has 1 amide bonds. The predicted molar refractivity (Wildman–Crippen MR) is 152 cm³/mol. The summed E-state index contributed by atoms with van der Waals surface area (Å²) in [6, 6.07) is 16.3. The van der Waals surface area contributed by atoms with Crippen molar-refractivity contribution in [3.8, 4) is 11.5 Å². The molecule has 1 saturated heterocycles. The third kappa shape index (κ3) is 5.83. The summed E-state index contributed by atoms with van der Waals surface area (Å²) in [5, 5.41) is 11.2. The summed E-state index contributed by atoms with van der Waals surface area (Å²) in [4.78, 5) is 23.4. The first kappa shape index (κ1) is 25.9. The SMILES string of the molecule is Cc1ccc2nc(N3CCC(O)CC3)c(CN(C[C@H]3COc4ccccc4O3)C(=O)C3CCCCC3)cc2c1. The van der Waals surface area contributed by atoms with Gasteiger partial charge in [-0.2, -0.15) is 0 Å². The topological polar surface area (TPSA) is 75.1 Å². The summed E-state index contributed by atoms with van der Waals surface area (Å²) in [5.74, 6) is 2.67. The van der Waals surface area contributed by atoms with Gasteiger partial charge < -0.3 is 24.4 Å². The second kappa shape index (κ2) is 11.4. The number of fused-ring (bicyclic) bond motifs is 2. The Morgan fingerprint density at radius 3 is 2.59 bits per heavy atom. The zero-order chi connectivity index (χ0) is 26.8. The van der Waals surface area contributed by atoms with Crippen LogP contribution in [0.4, 0.5) is 5.82 Å². The van der Waals surface area contributed by atoms with Crippen LogP contribution in [0, 0.1) is 12.8 Å². The van der Waals surface area contributed by atoms with Crippen LogP contribution in [0.25, 0.3) is 10.9 Å². The molecule has 3 aromatic rings. The molecule has 206 valence electrons. The first-order chi connectivity index (χ1) is 19.0. The molecule has 39 heavy (non-hydrogen) atoms. The number of anilines is 1. The minimum absolute atomic E-state index is 0.0554. The standard InChI is InChI=1S/C32H39N3O4/c1-22-11-12-28-24(17-22)18-25(31(33-28)34-15-13-26(36)14-16-34)19-35(32(37)23-7-3-2-4-8-23)20-27-21-38-29-9-5-6-10-30(29)39-27/h5-6,9-12,17-18,23,26-27,36H,2-4,7-8,13-16,19-21H2,1H3/t27-/m0/s1. The molecule has 2 aromatic carbocycles. The lowest BCUT2D eigenvalue weighted by atomic mass is 9.88. The zero-order valence-corrected chi connectivity index (χ0v) is 22.8. The number of hydrogen-bond acceptors (Lipinski definition) is 6. The van der Waals surface area contributed by atoms with Crippen molar-refractivity contribution >= 4 is 22.6 Å². The van der Waals surface area contributed by atoms with Gasteiger partial charge in [0.2, 0.25) is 5.91 Å². The molecule has 6 rings (SSSR count). The van der Waals surface area contributed by atoms with E-state index in [1.165, 1.54) is 12.0 Å². The number of aliphatic hydroxyl groups excluding tert-OH is 1. The van der Waals surface area contributed by atoms with Crippen molar-refractivity contribution in [2.24, 2.45) is 5.92 Å². The molecule has 0 radical (unpaired) electrons. The van der Waals surface area contributed by atoms with E-state index in [1.807, 2.05) is 29.2 Å². The molecule has 3 heterocycles. The molecule has 3 aliphatic rings. The molecule has 7 heteroatoms. The number of nitrogens with zero attached hydrogens (tertiary/aromatic N) is 3. The fourth-order valence-electron chi connectivity index (χ4n) is 6.24. The van der Waals surface area contributed by atoms with Crippen LogP contribution in [0.3, 0.4) is 0 Å². The van der Waals surface area contributed by atoms with Gasteiger partial charge in [-0.25, -0.2) is 4.98 Å². The van der Waals surface area contributed by atoms with Gasteiger partial charge in [-0.15, -0.1) is 0 Å². The van der Waals surface area contributed by atoms with Crippen molar-refractivity contribution in [2.75, 3.05) is 31.1 Å². The monoisotopic (exact) mass is 529 g/mol. The Labute approximate surface area is 230 Å². The van der Waals surface area contributed by atoms with Crippen LogP contribution in [0.15, 0.2) is 48.5 Å². The molecule has 2 fully saturated rings. The number of rotatable bonds is 6. The van der Waals surface area contributed by atoms with Crippen LogP contribution in [-0.4, -0.2) is 59.3 Å². The minimum Gasteiger partial charge on any atom is -0.486 e. The van der Waals surface area contributed by atoms with E-state index in [0.29, 0.717) is 19.7 Å². The highest BCUT2D eigenvalue weighted by Gasteiger charge is 2.32. The molecule has 1 atom stereocenters. The molecule has 1 aromatic heterocycles. The molecule has 0 unspecified atom stereocenters. The van der Waals surface area contributed by atoms with Gasteiger partial charge in [0, 0.05) is 36.5 Å². The molecule has 2 aliphatic heterocycles. The van der Waals surface area contributed by atoms with Crippen molar-refractivity contribution in [2.45, 2.75) is 70.6 Å². The van der Waals surface area contributed by atoms with Gasteiger partial charge in [0.05, 0.1) is 18.2 Å². The summed E-state index contributed by atoms with van der Waals surface area (Å²) in [7, 11) is 0. The summed E-state index contributed by atoms with van der Waals surface area (Å²) in [6.45, 7) is 4.96. The predicted octanol–water partition coefficient (Wildman–Crippen LogP) is 5.25. The minimum atomic E-state index is -0.261. The van der Waals surface area contributed by atoms with Crippen molar-refractivity contribution in [1.82, 2.24) is 9.88 Å². The van der Waals surface area contributed by atoms with Crippen LogP contribution >= 0.6 is 0 Å². The maximum absolute atomic E-state index is 14.0. The van der Waals surface area contributed by atoms with E-state index in [9.17, 15) is 9.90 Å². The fourth-order valence-corrected chi connectivity index (χ4v) is 6.24. The molecule has 1 N–H and O–H groups in total. The lowest BCUT2D eigenvalue weighted by molar-refractivity contribution is -0.138. The second-order valence-corrected chi connectivity index (χ2v) is 11.4. The van der Waals surface area contributed by atoms with Crippen LogP contribution in [-0.2, 0) is 11.3 Å². The van der Waals surface area contributed by atoms with Crippen LogP contribution in [0.1, 0.15) is 56.1 Å². The van der Waals surface area contributed by atoms with Gasteiger partial charge in [0.15, 0.2) is 17.6 Å². The van der Waals surface area contributed by atoms with Gasteiger partial charge in [-0.1, -0.05) is 43.0 Å². The third-order valence-electron chi connectivity index (χ3n) is 8.41. The lowest BCUT2D eigenvalue weighted by Crippen LogP contribution is -2.46. The number of ether oxygens (including phenoxy) is 2. The maximum Gasteiger partial charge on any atom is 0.226 e. The molecular formula is C32H39N3O4. The average Bonchev–Trinajstić information content (AvgIpc) is 2.97. The van der Waals surface area contributed by atoms with Gasteiger partial charge in [0.25, 0.3) is 0 Å². The Kier molecular flexibility index (Phi) is 7.60. The number of piperidine rings is 1. The largest absolute Gasteiger partial charge is 0.486 e. The number of benzene rings is 2. The fraction of sp³-hybridized carbons (Fsp3) is 0.500. The van der Waals surface area contributed by atoms with Gasteiger partial charge in [-0.3, -0.25) is 4.79 Å². The number of carbonyl (C=O) groups is 1. The zero-order valence-electron chi connectivity index (χ0n) is 22.8. The summed E-state index contributed by atoms with van der Waals surface area (Å²) in [6.07, 6.45) is 6.28. The molecule has 0 spiro atoms. The van der Waals surface area contributed by atoms with Gasteiger partial charge in [0.1, 0.15) is 12.4 Å². The Morgan fingerprint density at radius 2 is 1.79 bits per heavy atom. The number of pyridine rings is 1. The molecule has 0 bridgehead atoms. The number of aryl methyl sites for hydroxylation is 1. The van der Waals surface area contributed by atoms with E-state index in [4.69, 9.17) is 14.5 Å². The van der Waals surface area contributed by atoms with E-state index >= 15 is 0 Å². The van der Waals surface area contributed by atoms with Crippen molar-refractivity contribution in [1.29, 1.82) is 0 Å². The number of amides is 1. The number of aliphatic hydroxyl groups is 1. The summed E-state index contributed by atoms with van der Waals surface area (Å²) in [5.41, 5.74) is 3.19. The third-order valence-corrected chi connectivity index (χ3v) is 8.41. The van der Waals surface area contributed by atoms with Gasteiger partial charge >= 0.3 is 0 Å². The molecule has 1 aliphatic carbocycles. The highest BCUT2D eigenvalue weighted by Crippen LogP contribution is 2.33. The molecular weight excluding hydrogens is 490 g/mol. The highest BCUT2D eigenvalue weighted by molar-refractivity contribution is 5.83. The number of aromatic nitrogens is 1. The average molecular weight is 530 g/mol. The van der Waals surface area contributed by atoms with E-state index in [1.54, 1.807) is 0 Å². The van der Waals surface area contributed by atoms with Crippen LogP contribution < -0.4 is 14.4 Å². The molecule has 7 nitrogen and oxygen atoms in total. The smallest absolute Gasteiger partial charge is 0.226 e. The maximum atomic E-state index is 14.0. The Morgan fingerprint density at radius 1 is 1.03 bits per heavy atom. The lowest BCUT2D eigenvalue weighted by Gasteiger charge is -2.36. The van der Waals surface area contributed by atoms with Crippen molar-refractivity contribution < 1.29 is 19.4 Å². The normalized spacial score (nSPS) is 20.3. The van der Waals surface area contributed by atoms with Crippen LogP contribution in [0.5, 0.6) is 11.5 Å². The Bertz CT molecular complexity index is 1310. The Balaban J connectivity index is 1.32. The Hall–Kier alpha value is -3.32. The first-order valence-electron chi connectivity index (χ1n) is 14.5. The number of hydrogen-bond donors (Lipinski definition) is 1. The van der Waals surface area contributed by atoms with E-state index < -0.39 is 0 Å². The highest BCUT2D eigenvalue weighted by atomic mass is 16.6. The number of para-hydroxylation sites is 2. The number of carbonyl (C=O) groups excluding carboxylic acids is 1. The van der Waals surface area contributed by atoms with Crippen molar-refractivity contribution in [3.63, 3.8) is 0 Å². The summed E-state index contributed by atoms with van der Waals surface area (Å²) >= 11 is 0. The summed E-state index contributed by atoms with van der Waals surface area (Å²) < 4.78 is 12.3. The van der Waals surface area contributed by atoms with Crippen LogP contribution in [0.2, 0.25) is 0 Å². The first-order valence-corrected chi connectivity index (χ1v) is 14.5. The van der Waals surface area contributed by atoms with Gasteiger partial charge in [-0.05, 0) is 62.9 Å². The quantitative estimate of drug-likeness (QED) is 0.470. The van der Waals surface area contributed by atoms with E-state index in [-0.39, 0.29) is 24.0 Å². The van der Waals surface area contributed by atoms with Crippen molar-refractivity contribution in [3.05, 3.63) is 59.7 Å².